The Hall–Kier alpha value is -2.02. The molecule has 1 unspecified atom stereocenters. The predicted molar refractivity (Wildman–Crippen MR) is 65.3 cm³/mol. The molecule has 7 heteroatoms. The Morgan fingerprint density at radius 3 is 2.78 bits per heavy atom. The normalized spacial score (nSPS) is 12.1. The SMILES string of the molecule is CS(=O)c1ccc(NC(=O)c2ccn[nH]2)cc1F. The van der Waals surface area contributed by atoms with Gasteiger partial charge in [-0.2, -0.15) is 5.10 Å². The Kier molecular flexibility index (Phi) is 3.52. The van der Waals surface area contributed by atoms with Gasteiger partial charge in [0, 0.05) is 18.1 Å². The molecule has 94 valence electrons. The van der Waals surface area contributed by atoms with Crippen LogP contribution in [0.5, 0.6) is 0 Å². The van der Waals surface area contributed by atoms with Gasteiger partial charge in [-0.25, -0.2) is 4.39 Å². The van der Waals surface area contributed by atoms with Gasteiger partial charge in [0.2, 0.25) is 0 Å². The van der Waals surface area contributed by atoms with Crippen molar-refractivity contribution in [3.8, 4) is 0 Å². The summed E-state index contributed by atoms with van der Waals surface area (Å²) in [7, 11) is -1.39. The highest BCUT2D eigenvalue weighted by Crippen LogP contribution is 2.17. The lowest BCUT2D eigenvalue weighted by Gasteiger charge is -2.05. The van der Waals surface area contributed by atoms with E-state index in [1.165, 1.54) is 30.7 Å². The average molecular weight is 267 g/mol. The summed E-state index contributed by atoms with van der Waals surface area (Å²) in [5.74, 6) is -1.03. The zero-order valence-corrected chi connectivity index (χ0v) is 10.3. The van der Waals surface area contributed by atoms with Crippen LogP contribution in [0.2, 0.25) is 0 Å². The second-order valence-electron chi connectivity index (χ2n) is 3.52. The van der Waals surface area contributed by atoms with Crippen LogP contribution in [0.4, 0.5) is 10.1 Å². The first-order chi connectivity index (χ1) is 8.58. The van der Waals surface area contributed by atoms with Crippen molar-refractivity contribution in [2.24, 2.45) is 0 Å². The highest BCUT2D eigenvalue weighted by atomic mass is 32.2. The number of anilines is 1. The van der Waals surface area contributed by atoms with Crippen molar-refractivity contribution in [1.82, 2.24) is 10.2 Å². The molecular formula is C11H10FN3O2S. The Bertz CT molecular complexity index is 598. The molecule has 1 aromatic heterocycles. The van der Waals surface area contributed by atoms with Crippen molar-refractivity contribution < 1.29 is 13.4 Å². The molecular weight excluding hydrogens is 257 g/mol. The fourth-order valence-electron chi connectivity index (χ4n) is 1.39. The molecule has 2 N–H and O–H groups in total. The van der Waals surface area contributed by atoms with E-state index in [1.54, 1.807) is 0 Å². The summed E-state index contributed by atoms with van der Waals surface area (Å²) in [5.41, 5.74) is 0.569. The molecule has 0 fully saturated rings. The lowest BCUT2D eigenvalue weighted by molar-refractivity contribution is 0.102. The third kappa shape index (κ3) is 2.62. The number of carbonyl (C=O) groups excluding carboxylic acids is 1. The van der Waals surface area contributed by atoms with Gasteiger partial charge in [0.1, 0.15) is 11.5 Å². The number of rotatable bonds is 3. The zero-order chi connectivity index (χ0) is 13.1. The second kappa shape index (κ2) is 5.09. The number of carbonyl (C=O) groups is 1. The van der Waals surface area contributed by atoms with Crippen molar-refractivity contribution in [2.75, 3.05) is 11.6 Å². The van der Waals surface area contributed by atoms with E-state index >= 15 is 0 Å². The van der Waals surface area contributed by atoms with Crippen LogP contribution in [0.15, 0.2) is 35.4 Å². The van der Waals surface area contributed by atoms with Crippen LogP contribution in [0.3, 0.4) is 0 Å². The number of aromatic nitrogens is 2. The summed E-state index contributed by atoms with van der Waals surface area (Å²) in [4.78, 5) is 11.7. The Labute approximate surface area is 105 Å². The maximum Gasteiger partial charge on any atom is 0.273 e. The van der Waals surface area contributed by atoms with E-state index in [4.69, 9.17) is 0 Å². The molecule has 0 aliphatic carbocycles. The number of halogens is 1. The number of nitrogens with one attached hydrogen (secondary N) is 2. The predicted octanol–water partition coefficient (Wildman–Crippen LogP) is 1.54. The minimum absolute atomic E-state index is 0.106. The molecule has 0 saturated heterocycles. The quantitative estimate of drug-likeness (QED) is 0.885. The molecule has 1 heterocycles. The summed E-state index contributed by atoms with van der Waals surface area (Å²) in [6.45, 7) is 0. The van der Waals surface area contributed by atoms with Gasteiger partial charge in [-0.3, -0.25) is 14.1 Å². The fourth-order valence-corrected chi connectivity index (χ4v) is 1.99. The summed E-state index contributed by atoms with van der Waals surface area (Å²) in [6, 6.07) is 5.51. The average Bonchev–Trinajstić information content (AvgIpc) is 2.81. The molecule has 2 aromatic rings. The first kappa shape index (κ1) is 12.4. The highest BCUT2D eigenvalue weighted by Gasteiger charge is 2.10. The first-order valence-corrected chi connectivity index (χ1v) is 6.57. The largest absolute Gasteiger partial charge is 0.321 e. The molecule has 1 atom stereocenters. The van der Waals surface area contributed by atoms with Crippen LogP contribution >= 0.6 is 0 Å². The van der Waals surface area contributed by atoms with E-state index in [-0.39, 0.29) is 10.6 Å². The summed E-state index contributed by atoms with van der Waals surface area (Å²) < 4.78 is 24.7. The fraction of sp³-hybridized carbons (Fsp3) is 0.0909. The molecule has 5 nitrogen and oxygen atoms in total. The molecule has 2 rings (SSSR count). The number of hydrogen-bond donors (Lipinski definition) is 2. The molecule has 0 aliphatic heterocycles. The van der Waals surface area contributed by atoms with Crippen LogP contribution in [0, 0.1) is 5.82 Å². The van der Waals surface area contributed by atoms with Gasteiger partial charge in [-0.15, -0.1) is 0 Å². The van der Waals surface area contributed by atoms with E-state index < -0.39 is 22.5 Å². The maximum absolute atomic E-state index is 13.5. The minimum atomic E-state index is -1.39. The molecule has 0 spiro atoms. The Balaban J connectivity index is 2.18. The van der Waals surface area contributed by atoms with E-state index in [0.717, 1.165) is 6.07 Å². The van der Waals surface area contributed by atoms with Gasteiger partial charge in [-0.05, 0) is 24.3 Å². The van der Waals surface area contributed by atoms with E-state index in [1.807, 2.05) is 0 Å². The standard InChI is InChI=1S/C11H10FN3O2S/c1-18(17)10-3-2-7(6-8(10)12)14-11(16)9-4-5-13-15-9/h2-6H,1H3,(H,13,15)(H,14,16). The van der Waals surface area contributed by atoms with Crippen LogP contribution in [0.1, 0.15) is 10.5 Å². The molecule has 0 bridgehead atoms. The van der Waals surface area contributed by atoms with Crippen molar-refractivity contribution in [3.05, 3.63) is 42.0 Å². The van der Waals surface area contributed by atoms with Crippen molar-refractivity contribution in [2.45, 2.75) is 4.90 Å². The van der Waals surface area contributed by atoms with Crippen LogP contribution < -0.4 is 5.32 Å². The number of aromatic amines is 1. The Morgan fingerprint density at radius 1 is 1.44 bits per heavy atom. The third-order valence-corrected chi connectivity index (χ3v) is 3.20. The number of nitrogens with zero attached hydrogens (tertiary/aromatic N) is 1. The van der Waals surface area contributed by atoms with Crippen molar-refractivity contribution in [1.29, 1.82) is 0 Å². The van der Waals surface area contributed by atoms with Crippen LogP contribution in [-0.2, 0) is 10.8 Å². The van der Waals surface area contributed by atoms with Gasteiger partial charge in [0.25, 0.3) is 5.91 Å². The van der Waals surface area contributed by atoms with Gasteiger partial charge in [-0.1, -0.05) is 0 Å². The highest BCUT2D eigenvalue weighted by molar-refractivity contribution is 7.84. The number of amides is 1. The number of benzene rings is 1. The zero-order valence-electron chi connectivity index (χ0n) is 9.44. The van der Waals surface area contributed by atoms with Crippen LogP contribution in [0.25, 0.3) is 0 Å². The smallest absolute Gasteiger partial charge is 0.273 e. The molecule has 1 amide bonds. The third-order valence-electron chi connectivity index (χ3n) is 2.24. The van der Waals surface area contributed by atoms with Gasteiger partial charge in [0.15, 0.2) is 0 Å². The molecule has 0 saturated carbocycles. The lowest BCUT2D eigenvalue weighted by Crippen LogP contribution is -2.12. The molecule has 0 aliphatic rings. The number of hydrogen-bond acceptors (Lipinski definition) is 3. The molecule has 0 radical (unpaired) electrons. The summed E-state index contributed by atoms with van der Waals surface area (Å²) in [6.07, 6.45) is 2.83. The molecule has 18 heavy (non-hydrogen) atoms. The topological polar surface area (TPSA) is 74.8 Å². The monoisotopic (exact) mass is 267 g/mol. The van der Waals surface area contributed by atoms with Gasteiger partial charge in [0.05, 0.1) is 15.7 Å². The summed E-state index contributed by atoms with van der Waals surface area (Å²) >= 11 is 0. The Morgan fingerprint density at radius 2 is 2.22 bits per heavy atom. The lowest BCUT2D eigenvalue weighted by atomic mass is 10.3. The van der Waals surface area contributed by atoms with Crippen LogP contribution in [-0.4, -0.2) is 26.6 Å². The summed E-state index contributed by atoms with van der Waals surface area (Å²) in [5, 5.41) is 8.64. The van der Waals surface area contributed by atoms with E-state index in [9.17, 15) is 13.4 Å². The van der Waals surface area contributed by atoms with Crippen molar-refractivity contribution in [3.63, 3.8) is 0 Å². The maximum atomic E-state index is 13.5. The van der Waals surface area contributed by atoms with Crippen molar-refractivity contribution >= 4 is 22.4 Å². The second-order valence-corrected chi connectivity index (χ2v) is 4.87. The first-order valence-electron chi connectivity index (χ1n) is 5.01. The van der Waals surface area contributed by atoms with E-state index in [0.29, 0.717) is 5.69 Å². The van der Waals surface area contributed by atoms with Gasteiger partial charge < -0.3 is 5.32 Å². The number of H-pyrrole nitrogens is 1. The molecule has 1 aromatic carbocycles. The minimum Gasteiger partial charge on any atom is -0.321 e. The van der Waals surface area contributed by atoms with E-state index in [2.05, 4.69) is 15.5 Å². The van der Waals surface area contributed by atoms with Gasteiger partial charge >= 0.3 is 0 Å².